The van der Waals surface area contributed by atoms with Crippen LogP contribution in [-0.2, 0) is 11.3 Å². The molecule has 8 heteroatoms. The van der Waals surface area contributed by atoms with Crippen LogP contribution in [0.3, 0.4) is 0 Å². The Hall–Kier alpha value is -3.16. The Bertz CT molecular complexity index is 681. The summed E-state index contributed by atoms with van der Waals surface area (Å²) in [5.74, 6) is 0.0450. The van der Waals surface area contributed by atoms with Crippen LogP contribution in [0.15, 0.2) is 41.0 Å². The molecule has 0 atom stereocenters. The molecular weight excluding hydrogens is 292 g/mol. The number of carbonyl (C=O) groups is 2. The summed E-state index contributed by atoms with van der Waals surface area (Å²) < 4.78 is 10.2. The maximum Gasteiger partial charge on any atom is 0.311 e. The molecule has 8 nitrogen and oxygen atoms in total. The number of hydrogen-bond donors (Lipinski definition) is 1. The molecule has 0 fully saturated rings. The molecular formula is C14H12N2O6. The van der Waals surface area contributed by atoms with Gasteiger partial charge in [0.15, 0.2) is 12.4 Å². The largest absolute Gasteiger partial charge is 0.477 e. The third-order valence-electron chi connectivity index (χ3n) is 2.71. The maximum atomic E-state index is 11.6. The number of nitrogens with zero attached hydrogens (tertiary/aromatic N) is 1. The average molecular weight is 304 g/mol. The minimum Gasteiger partial charge on any atom is -0.477 e. The Balaban J connectivity index is 1.94. The molecule has 0 aliphatic heterocycles. The van der Waals surface area contributed by atoms with Crippen molar-refractivity contribution in [2.75, 3.05) is 6.61 Å². The summed E-state index contributed by atoms with van der Waals surface area (Å²) in [6.45, 7) is -0.191. The fraction of sp³-hybridized carbons (Fsp3) is 0.143. The highest BCUT2D eigenvalue weighted by Gasteiger charge is 2.17. The van der Waals surface area contributed by atoms with Crippen molar-refractivity contribution < 1.29 is 23.7 Å². The average Bonchev–Trinajstić information content (AvgIpc) is 3.04. The SMILES string of the molecule is O=Cc1ccc(OCC(=O)NCc2ccco2)c([N+](=O)[O-])c1. The van der Waals surface area contributed by atoms with Crippen LogP contribution in [0.1, 0.15) is 16.1 Å². The Morgan fingerprint density at radius 3 is 2.86 bits per heavy atom. The molecule has 0 aliphatic rings. The molecule has 114 valence electrons. The molecule has 0 bridgehead atoms. The molecule has 2 rings (SSSR count). The van der Waals surface area contributed by atoms with Gasteiger partial charge in [-0.15, -0.1) is 0 Å². The van der Waals surface area contributed by atoms with Crippen molar-refractivity contribution in [1.82, 2.24) is 5.32 Å². The van der Waals surface area contributed by atoms with Crippen molar-refractivity contribution in [2.24, 2.45) is 0 Å². The van der Waals surface area contributed by atoms with Gasteiger partial charge in [-0.05, 0) is 24.3 Å². The van der Waals surface area contributed by atoms with Crippen LogP contribution < -0.4 is 10.1 Å². The molecule has 0 unspecified atom stereocenters. The molecule has 1 amide bonds. The van der Waals surface area contributed by atoms with Gasteiger partial charge in [0.2, 0.25) is 0 Å². The lowest BCUT2D eigenvalue weighted by atomic mass is 10.2. The number of aldehydes is 1. The van der Waals surface area contributed by atoms with Gasteiger partial charge in [0.25, 0.3) is 5.91 Å². The van der Waals surface area contributed by atoms with E-state index in [0.29, 0.717) is 12.0 Å². The van der Waals surface area contributed by atoms with E-state index in [1.807, 2.05) is 0 Å². The first-order chi connectivity index (χ1) is 10.6. The number of furan rings is 1. The lowest BCUT2D eigenvalue weighted by Crippen LogP contribution is -2.28. The van der Waals surface area contributed by atoms with Gasteiger partial charge in [-0.1, -0.05) is 0 Å². The molecule has 1 aromatic heterocycles. The molecule has 1 heterocycles. The van der Waals surface area contributed by atoms with Gasteiger partial charge in [0.05, 0.1) is 17.7 Å². The summed E-state index contributed by atoms with van der Waals surface area (Å²) in [7, 11) is 0. The van der Waals surface area contributed by atoms with Gasteiger partial charge in [-0.3, -0.25) is 19.7 Å². The fourth-order valence-electron chi connectivity index (χ4n) is 1.67. The van der Waals surface area contributed by atoms with Gasteiger partial charge in [0.1, 0.15) is 12.0 Å². The molecule has 0 spiro atoms. The number of hydrogen-bond acceptors (Lipinski definition) is 6. The highest BCUT2D eigenvalue weighted by molar-refractivity contribution is 5.79. The zero-order valence-corrected chi connectivity index (χ0v) is 11.4. The van der Waals surface area contributed by atoms with E-state index in [1.54, 1.807) is 12.1 Å². The van der Waals surface area contributed by atoms with E-state index in [2.05, 4.69) is 5.32 Å². The lowest BCUT2D eigenvalue weighted by Gasteiger charge is -2.07. The van der Waals surface area contributed by atoms with Gasteiger partial charge < -0.3 is 14.5 Å². The Morgan fingerprint density at radius 1 is 1.41 bits per heavy atom. The fourth-order valence-corrected chi connectivity index (χ4v) is 1.67. The quantitative estimate of drug-likeness (QED) is 0.473. The molecule has 1 N–H and O–H groups in total. The van der Waals surface area contributed by atoms with Crippen molar-refractivity contribution in [1.29, 1.82) is 0 Å². The van der Waals surface area contributed by atoms with E-state index < -0.39 is 10.8 Å². The van der Waals surface area contributed by atoms with E-state index in [9.17, 15) is 19.7 Å². The van der Waals surface area contributed by atoms with Crippen molar-refractivity contribution in [3.8, 4) is 5.75 Å². The number of nitro groups is 1. The molecule has 0 radical (unpaired) electrons. The topological polar surface area (TPSA) is 112 Å². The highest BCUT2D eigenvalue weighted by atomic mass is 16.6. The normalized spacial score (nSPS) is 10.0. The predicted molar refractivity (Wildman–Crippen MR) is 74.5 cm³/mol. The monoisotopic (exact) mass is 304 g/mol. The minimum absolute atomic E-state index is 0.0799. The zero-order chi connectivity index (χ0) is 15.9. The van der Waals surface area contributed by atoms with E-state index in [1.165, 1.54) is 18.4 Å². The summed E-state index contributed by atoms with van der Waals surface area (Å²) in [6, 6.07) is 7.13. The van der Waals surface area contributed by atoms with E-state index in [-0.39, 0.29) is 30.2 Å². The van der Waals surface area contributed by atoms with Crippen LogP contribution >= 0.6 is 0 Å². The first kappa shape index (κ1) is 15.2. The Labute approximate surface area is 124 Å². The molecule has 1 aromatic carbocycles. The minimum atomic E-state index is -0.677. The Morgan fingerprint density at radius 2 is 2.23 bits per heavy atom. The molecule has 0 saturated carbocycles. The molecule has 22 heavy (non-hydrogen) atoms. The first-order valence-corrected chi connectivity index (χ1v) is 6.25. The second kappa shape index (κ2) is 7.02. The van der Waals surface area contributed by atoms with Crippen LogP contribution in [-0.4, -0.2) is 23.7 Å². The van der Waals surface area contributed by atoms with Gasteiger partial charge >= 0.3 is 5.69 Å². The van der Waals surface area contributed by atoms with Crippen LogP contribution in [0.25, 0.3) is 0 Å². The zero-order valence-electron chi connectivity index (χ0n) is 11.4. The molecule has 2 aromatic rings. The van der Waals surface area contributed by atoms with Crippen LogP contribution in [0, 0.1) is 10.1 Å². The van der Waals surface area contributed by atoms with Crippen molar-refractivity contribution >= 4 is 17.9 Å². The van der Waals surface area contributed by atoms with E-state index in [4.69, 9.17) is 9.15 Å². The highest BCUT2D eigenvalue weighted by Crippen LogP contribution is 2.27. The second-order valence-electron chi connectivity index (χ2n) is 4.25. The number of amides is 1. The van der Waals surface area contributed by atoms with Gasteiger partial charge in [-0.2, -0.15) is 0 Å². The van der Waals surface area contributed by atoms with E-state index in [0.717, 1.165) is 6.07 Å². The van der Waals surface area contributed by atoms with Crippen LogP contribution in [0.2, 0.25) is 0 Å². The van der Waals surface area contributed by atoms with Crippen molar-refractivity contribution in [3.63, 3.8) is 0 Å². The summed E-state index contributed by atoms with van der Waals surface area (Å²) in [5.41, 5.74) is -0.218. The number of nitrogens with one attached hydrogen (secondary N) is 1. The van der Waals surface area contributed by atoms with Gasteiger partial charge in [0, 0.05) is 11.6 Å². The second-order valence-corrected chi connectivity index (χ2v) is 4.25. The summed E-state index contributed by atoms with van der Waals surface area (Å²) in [5, 5.41) is 13.5. The predicted octanol–water partition coefficient (Wildman–Crippen LogP) is 1.70. The van der Waals surface area contributed by atoms with E-state index >= 15 is 0 Å². The van der Waals surface area contributed by atoms with Gasteiger partial charge in [-0.25, -0.2) is 0 Å². The lowest BCUT2D eigenvalue weighted by molar-refractivity contribution is -0.385. The van der Waals surface area contributed by atoms with Crippen LogP contribution in [0.4, 0.5) is 5.69 Å². The van der Waals surface area contributed by atoms with Crippen molar-refractivity contribution in [2.45, 2.75) is 6.54 Å². The number of nitro benzene ring substituents is 1. The van der Waals surface area contributed by atoms with Crippen molar-refractivity contribution in [3.05, 3.63) is 58.0 Å². The summed E-state index contributed by atoms with van der Waals surface area (Å²) in [4.78, 5) is 32.5. The maximum absolute atomic E-state index is 11.6. The summed E-state index contributed by atoms with van der Waals surface area (Å²) in [6.07, 6.45) is 1.97. The molecule has 0 aliphatic carbocycles. The first-order valence-electron chi connectivity index (χ1n) is 6.25. The third kappa shape index (κ3) is 3.92. The number of rotatable bonds is 7. The molecule has 0 saturated heterocycles. The van der Waals surface area contributed by atoms with Crippen LogP contribution in [0.5, 0.6) is 5.75 Å². The summed E-state index contributed by atoms with van der Waals surface area (Å²) >= 11 is 0. The number of benzene rings is 1. The number of ether oxygens (including phenoxy) is 1. The number of carbonyl (C=O) groups excluding carboxylic acids is 2. The Kier molecular flexibility index (Phi) is 4.86. The standard InChI is InChI=1S/C14H12N2O6/c17-8-10-3-4-13(12(6-10)16(19)20)22-9-14(18)15-7-11-2-1-5-21-11/h1-6,8H,7,9H2,(H,15,18). The third-order valence-corrected chi connectivity index (χ3v) is 2.71. The smallest absolute Gasteiger partial charge is 0.311 e.